The van der Waals surface area contributed by atoms with Crippen LogP contribution in [0.5, 0.6) is 0 Å². The van der Waals surface area contributed by atoms with Gasteiger partial charge in [0.25, 0.3) is 0 Å². The normalized spacial score (nSPS) is 24.3. The van der Waals surface area contributed by atoms with Gasteiger partial charge in [-0.3, -0.25) is 9.69 Å². The summed E-state index contributed by atoms with van der Waals surface area (Å²) in [6.07, 6.45) is 0.506. The molecule has 0 saturated carbocycles. The molecule has 1 saturated heterocycles. The lowest BCUT2D eigenvalue weighted by atomic mass is 10.1. The zero-order valence-electron chi connectivity index (χ0n) is 10.8. The van der Waals surface area contributed by atoms with Crippen molar-refractivity contribution in [3.05, 3.63) is 0 Å². The van der Waals surface area contributed by atoms with E-state index in [-0.39, 0.29) is 30.1 Å². The molecule has 0 amide bonds. The standard InChI is InChI=1S/C11H21NO5S/c1-3-17-7-9(2)12(6-11(13)14)10-4-5-18(15,16)8-10/h9-10H,3-8H2,1-2H3,(H,13,14). The lowest BCUT2D eigenvalue weighted by Crippen LogP contribution is -2.47. The Balaban J connectivity index is 2.69. The van der Waals surface area contributed by atoms with Gasteiger partial charge < -0.3 is 9.84 Å². The molecule has 1 aliphatic rings. The van der Waals surface area contributed by atoms with Crippen molar-refractivity contribution in [2.24, 2.45) is 0 Å². The average Bonchev–Trinajstić information content (AvgIpc) is 2.63. The van der Waals surface area contributed by atoms with Crippen LogP contribution in [0.3, 0.4) is 0 Å². The van der Waals surface area contributed by atoms with Gasteiger partial charge in [-0.05, 0) is 20.3 Å². The van der Waals surface area contributed by atoms with Crippen molar-refractivity contribution < 1.29 is 23.1 Å². The zero-order chi connectivity index (χ0) is 13.8. The predicted molar refractivity (Wildman–Crippen MR) is 67.4 cm³/mol. The molecule has 1 fully saturated rings. The number of hydrogen-bond donors (Lipinski definition) is 1. The van der Waals surface area contributed by atoms with Crippen LogP contribution >= 0.6 is 0 Å². The van der Waals surface area contributed by atoms with Crippen molar-refractivity contribution >= 4 is 15.8 Å². The largest absolute Gasteiger partial charge is 0.480 e. The molecule has 7 heteroatoms. The van der Waals surface area contributed by atoms with E-state index < -0.39 is 15.8 Å². The second-order valence-corrected chi connectivity index (χ2v) is 6.86. The highest BCUT2D eigenvalue weighted by atomic mass is 32.2. The molecule has 106 valence electrons. The zero-order valence-corrected chi connectivity index (χ0v) is 11.6. The Labute approximate surface area is 108 Å². The maximum absolute atomic E-state index is 11.5. The summed E-state index contributed by atoms with van der Waals surface area (Å²) in [6.45, 7) is 4.57. The number of hydrogen-bond acceptors (Lipinski definition) is 5. The van der Waals surface area contributed by atoms with E-state index in [1.54, 1.807) is 4.90 Å². The molecule has 0 aromatic carbocycles. The number of nitrogens with zero attached hydrogens (tertiary/aromatic N) is 1. The number of rotatable bonds is 7. The number of aliphatic carboxylic acids is 1. The quantitative estimate of drug-likeness (QED) is 0.705. The van der Waals surface area contributed by atoms with Gasteiger partial charge in [-0.2, -0.15) is 0 Å². The summed E-state index contributed by atoms with van der Waals surface area (Å²) < 4.78 is 28.2. The molecule has 0 aromatic heterocycles. The Bertz CT molecular complexity index is 381. The SMILES string of the molecule is CCOCC(C)N(CC(=O)O)C1CCS(=O)(=O)C1. The van der Waals surface area contributed by atoms with Gasteiger partial charge >= 0.3 is 5.97 Å². The first kappa shape index (κ1) is 15.4. The van der Waals surface area contributed by atoms with E-state index in [1.165, 1.54) is 0 Å². The topological polar surface area (TPSA) is 83.9 Å². The van der Waals surface area contributed by atoms with E-state index in [4.69, 9.17) is 9.84 Å². The molecular formula is C11H21NO5S. The van der Waals surface area contributed by atoms with Crippen LogP contribution in [0.4, 0.5) is 0 Å². The lowest BCUT2D eigenvalue weighted by molar-refractivity contribution is -0.139. The summed E-state index contributed by atoms with van der Waals surface area (Å²) in [6, 6.07) is -0.305. The number of carboxylic acids is 1. The van der Waals surface area contributed by atoms with E-state index in [0.717, 1.165) is 0 Å². The maximum Gasteiger partial charge on any atom is 0.317 e. The summed E-state index contributed by atoms with van der Waals surface area (Å²) >= 11 is 0. The monoisotopic (exact) mass is 279 g/mol. The molecule has 1 N–H and O–H groups in total. The third-order valence-corrected chi connectivity index (χ3v) is 4.87. The van der Waals surface area contributed by atoms with Gasteiger partial charge in [0.2, 0.25) is 0 Å². The van der Waals surface area contributed by atoms with Crippen molar-refractivity contribution in [1.82, 2.24) is 4.90 Å². The van der Waals surface area contributed by atoms with Gasteiger partial charge in [-0.1, -0.05) is 0 Å². The third kappa shape index (κ3) is 4.55. The van der Waals surface area contributed by atoms with Crippen molar-refractivity contribution in [3.63, 3.8) is 0 Å². The van der Waals surface area contributed by atoms with Crippen molar-refractivity contribution in [3.8, 4) is 0 Å². The molecule has 18 heavy (non-hydrogen) atoms. The first-order chi connectivity index (χ1) is 8.35. The number of sulfone groups is 1. The van der Waals surface area contributed by atoms with Gasteiger partial charge in [0, 0.05) is 18.7 Å². The molecule has 0 spiro atoms. The highest BCUT2D eigenvalue weighted by Crippen LogP contribution is 2.20. The van der Waals surface area contributed by atoms with Gasteiger partial charge in [-0.25, -0.2) is 8.42 Å². The summed E-state index contributed by atoms with van der Waals surface area (Å²) in [7, 11) is -3.01. The van der Waals surface area contributed by atoms with E-state index >= 15 is 0 Å². The molecule has 1 aliphatic heterocycles. The van der Waals surface area contributed by atoms with E-state index in [1.807, 2.05) is 13.8 Å². The summed E-state index contributed by atoms with van der Waals surface area (Å²) in [5.74, 6) is -0.742. The fourth-order valence-electron chi connectivity index (χ4n) is 2.22. The Morgan fingerprint density at radius 1 is 1.56 bits per heavy atom. The van der Waals surface area contributed by atoms with Gasteiger partial charge in [0.1, 0.15) is 0 Å². The molecule has 2 atom stereocenters. The minimum absolute atomic E-state index is 0.0523. The van der Waals surface area contributed by atoms with Crippen LogP contribution in [0.15, 0.2) is 0 Å². The first-order valence-corrected chi connectivity index (χ1v) is 7.93. The fraction of sp³-hybridized carbons (Fsp3) is 0.909. The molecule has 6 nitrogen and oxygen atoms in total. The van der Waals surface area contributed by atoms with Crippen LogP contribution in [0.2, 0.25) is 0 Å². The average molecular weight is 279 g/mol. The second kappa shape index (κ2) is 6.49. The summed E-state index contributed by atoms with van der Waals surface area (Å²) in [4.78, 5) is 12.6. The lowest BCUT2D eigenvalue weighted by Gasteiger charge is -2.32. The smallest absolute Gasteiger partial charge is 0.317 e. The molecule has 1 rings (SSSR count). The van der Waals surface area contributed by atoms with Crippen LogP contribution in [-0.2, 0) is 19.4 Å². The van der Waals surface area contributed by atoms with Crippen LogP contribution in [0.25, 0.3) is 0 Å². The van der Waals surface area contributed by atoms with E-state index in [9.17, 15) is 13.2 Å². The van der Waals surface area contributed by atoms with Gasteiger partial charge in [0.15, 0.2) is 9.84 Å². The number of carbonyl (C=O) groups is 1. The molecule has 0 radical (unpaired) electrons. The molecule has 1 heterocycles. The van der Waals surface area contributed by atoms with Crippen LogP contribution in [-0.4, -0.2) is 67.7 Å². The van der Waals surface area contributed by atoms with Crippen molar-refractivity contribution in [1.29, 1.82) is 0 Å². The Kier molecular flexibility index (Phi) is 5.55. The molecular weight excluding hydrogens is 258 g/mol. The van der Waals surface area contributed by atoms with E-state index in [2.05, 4.69) is 0 Å². The Morgan fingerprint density at radius 3 is 2.67 bits per heavy atom. The maximum atomic E-state index is 11.5. The molecule has 0 bridgehead atoms. The van der Waals surface area contributed by atoms with Gasteiger partial charge in [0.05, 0.1) is 24.7 Å². The highest BCUT2D eigenvalue weighted by molar-refractivity contribution is 7.91. The first-order valence-electron chi connectivity index (χ1n) is 6.11. The summed E-state index contributed by atoms with van der Waals surface area (Å²) in [5.41, 5.74) is 0. The third-order valence-electron chi connectivity index (χ3n) is 3.12. The Morgan fingerprint density at radius 2 is 2.22 bits per heavy atom. The number of ether oxygens (including phenoxy) is 1. The van der Waals surface area contributed by atoms with Gasteiger partial charge in [-0.15, -0.1) is 0 Å². The van der Waals surface area contributed by atoms with Crippen LogP contribution in [0, 0.1) is 0 Å². The molecule has 0 aromatic rings. The summed E-state index contributed by atoms with van der Waals surface area (Å²) in [5, 5.41) is 8.92. The fourth-order valence-corrected chi connectivity index (χ4v) is 3.96. The van der Waals surface area contributed by atoms with Crippen LogP contribution < -0.4 is 0 Å². The van der Waals surface area contributed by atoms with E-state index in [0.29, 0.717) is 19.6 Å². The molecule has 0 aliphatic carbocycles. The van der Waals surface area contributed by atoms with Crippen molar-refractivity contribution in [2.75, 3.05) is 31.3 Å². The molecule has 2 unspecified atom stereocenters. The van der Waals surface area contributed by atoms with Crippen LogP contribution in [0.1, 0.15) is 20.3 Å². The van der Waals surface area contributed by atoms with Crippen molar-refractivity contribution in [2.45, 2.75) is 32.4 Å². The number of carboxylic acid groups (broad SMARTS) is 1. The highest BCUT2D eigenvalue weighted by Gasteiger charge is 2.35. The predicted octanol–water partition coefficient (Wildman–Crippen LogP) is -0.0149. The minimum atomic E-state index is -3.01. The Hall–Kier alpha value is -0.660. The minimum Gasteiger partial charge on any atom is -0.480 e. The second-order valence-electron chi connectivity index (χ2n) is 4.63.